The Morgan fingerprint density at radius 1 is 0.947 bits per heavy atom. The lowest BCUT2D eigenvalue weighted by molar-refractivity contribution is 0.218. The number of halogens is 5. The summed E-state index contributed by atoms with van der Waals surface area (Å²) < 4.78 is 40.4. The monoisotopic (exact) mass is 394 g/mol. The van der Waals surface area contributed by atoms with Crippen LogP contribution in [0.5, 0.6) is 0 Å². The van der Waals surface area contributed by atoms with Gasteiger partial charge in [-0.15, -0.1) is 0 Å². The molecule has 1 unspecified atom stereocenters. The molecule has 0 spiro atoms. The second kappa shape index (κ2) is 5.64. The Bertz CT molecular complexity index is 608. The molecule has 0 aliphatic rings. The summed E-state index contributed by atoms with van der Waals surface area (Å²) in [5, 5.41) is 10.1. The van der Waals surface area contributed by atoms with E-state index in [1.807, 2.05) is 0 Å². The minimum Gasteiger partial charge on any atom is -0.384 e. The zero-order chi connectivity index (χ0) is 14.2. The van der Waals surface area contributed by atoms with Crippen LogP contribution in [-0.4, -0.2) is 5.11 Å². The summed E-state index contributed by atoms with van der Waals surface area (Å²) in [6.45, 7) is 0. The molecule has 0 bridgehead atoms. The van der Waals surface area contributed by atoms with Crippen LogP contribution in [0.3, 0.4) is 0 Å². The predicted octanol–water partition coefficient (Wildman–Crippen LogP) is 4.71. The summed E-state index contributed by atoms with van der Waals surface area (Å²) in [5.74, 6) is -4.22. The Balaban J connectivity index is 2.49. The van der Waals surface area contributed by atoms with E-state index in [0.717, 1.165) is 12.1 Å². The molecule has 6 heteroatoms. The van der Waals surface area contributed by atoms with Gasteiger partial charge in [-0.3, -0.25) is 0 Å². The second-order valence-electron chi connectivity index (χ2n) is 3.87. The molecule has 1 nitrogen and oxygen atoms in total. The number of benzene rings is 2. The van der Waals surface area contributed by atoms with Crippen molar-refractivity contribution in [3.8, 4) is 0 Å². The van der Waals surface area contributed by atoms with E-state index < -0.39 is 23.6 Å². The molecule has 0 saturated heterocycles. The van der Waals surface area contributed by atoms with E-state index in [1.165, 1.54) is 0 Å². The van der Waals surface area contributed by atoms with Crippen molar-refractivity contribution in [3.63, 3.8) is 0 Å². The van der Waals surface area contributed by atoms with Crippen molar-refractivity contribution in [1.29, 1.82) is 0 Å². The lowest BCUT2D eigenvalue weighted by atomic mass is 10.0. The minimum absolute atomic E-state index is 0.0600. The molecule has 0 fully saturated rings. The number of rotatable bonds is 2. The Hall–Kier alpha value is -0.850. The van der Waals surface area contributed by atoms with Crippen molar-refractivity contribution in [1.82, 2.24) is 0 Å². The number of aliphatic hydroxyl groups excluding tert-OH is 1. The molecule has 0 saturated carbocycles. The number of hydrogen-bond acceptors (Lipinski definition) is 1. The first-order valence-electron chi connectivity index (χ1n) is 5.17. The molecule has 1 atom stereocenters. The Morgan fingerprint density at radius 2 is 1.53 bits per heavy atom. The van der Waals surface area contributed by atoms with Gasteiger partial charge in [0.2, 0.25) is 0 Å². The first-order valence-corrected chi connectivity index (χ1v) is 6.76. The standard InChI is InChI=1S/C13H7Br2F3O/c14-7-1-2-9(15)8(5-7)13(19)6-3-10(16)12(18)11(17)4-6/h1-5,13,19H. The van der Waals surface area contributed by atoms with Crippen molar-refractivity contribution in [2.45, 2.75) is 6.10 Å². The molecule has 0 amide bonds. The lowest BCUT2D eigenvalue weighted by Gasteiger charge is -2.14. The first kappa shape index (κ1) is 14.6. The van der Waals surface area contributed by atoms with E-state index in [2.05, 4.69) is 31.9 Å². The van der Waals surface area contributed by atoms with Gasteiger partial charge in [0, 0.05) is 14.5 Å². The van der Waals surface area contributed by atoms with Gasteiger partial charge >= 0.3 is 0 Å². The molecule has 0 heterocycles. The van der Waals surface area contributed by atoms with E-state index >= 15 is 0 Å². The second-order valence-corrected chi connectivity index (χ2v) is 5.64. The number of aliphatic hydroxyl groups is 1. The number of hydrogen-bond donors (Lipinski definition) is 1. The maximum Gasteiger partial charge on any atom is 0.194 e. The van der Waals surface area contributed by atoms with Crippen LogP contribution in [0.2, 0.25) is 0 Å². The average molecular weight is 396 g/mol. The van der Waals surface area contributed by atoms with Crippen LogP contribution in [0.4, 0.5) is 13.2 Å². The van der Waals surface area contributed by atoms with E-state index in [4.69, 9.17) is 0 Å². The quantitative estimate of drug-likeness (QED) is 0.730. The zero-order valence-electron chi connectivity index (χ0n) is 9.30. The summed E-state index contributed by atoms with van der Waals surface area (Å²) >= 11 is 6.48. The van der Waals surface area contributed by atoms with Gasteiger partial charge in [0.15, 0.2) is 17.5 Å². The fourth-order valence-electron chi connectivity index (χ4n) is 1.64. The van der Waals surface area contributed by atoms with Gasteiger partial charge in [-0.25, -0.2) is 13.2 Å². The van der Waals surface area contributed by atoms with Crippen LogP contribution in [0.25, 0.3) is 0 Å². The molecule has 1 N–H and O–H groups in total. The van der Waals surface area contributed by atoms with Crippen molar-refractivity contribution < 1.29 is 18.3 Å². The normalized spacial score (nSPS) is 12.5. The average Bonchev–Trinajstić information content (AvgIpc) is 2.37. The highest BCUT2D eigenvalue weighted by Crippen LogP contribution is 2.32. The summed E-state index contributed by atoms with van der Waals surface area (Å²) in [6, 6.07) is 6.58. The third kappa shape index (κ3) is 3.01. The fourth-order valence-corrected chi connectivity index (χ4v) is 2.48. The molecule has 2 aromatic carbocycles. The molecule has 2 aromatic rings. The predicted molar refractivity (Wildman–Crippen MR) is 72.2 cm³/mol. The molecule has 0 aromatic heterocycles. The molecule has 2 rings (SSSR count). The van der Waals surface area contributed by atoms with Crippen LogP contribution >= 0.6 is 31.9 Å². The maximum atomic E-state index is 13.1. The zero-order valence-corrected chi connectivity index (χ0v) is 12.5. The Kier molecular flexibility index (Phi) is 4.32. The highest BCUT2D eigenvalue weighted by atomic mass is 79.9. The molecule has 0 aliphatic carbocycles. The molecular weight excluding hydrogens is 389 g/mol. The Labute approximate surface area is 124 Å². The summed E-state index contributed by atoms with van der Waals surface area (Å²) in [6.07, 6.45) is -1.27. The van der Waals surface area contributed by atoms with Crippen molar-refractivity contribution in [2.75, 3.05) is 0 Å². The molecular formula is C13H7Br2F3O. The summed E-state index contributed by atoms with van der Waals surface area (Å²) in [7, 11) is 0. The topological polar surface area (TPSA) is 20.2 Å². The SMILES string of the molecule is OC(c1cc(F)c(F)c(F)c1)c1cc(Br)ccc1Br. The van der Waals surface area contributed by atoms with Gasteiger partial charge in [0.25, 0.3) is 0 Å². The largest absolute Gasteiger partial charge is 0.384 e. The van der Waals surface area contributed by atoms with Crippen LogP contribution in [-0.2, 0) is 0 Å². The van der Waals surface area contributed by atoms with Crippen molar-refractivity contribution in [2.24, 2.45) is 0 Å². The third-order valence-electron chi connectivity index (χ3n) is 2.57. The van der Waals surface area contributed by atoms with Gasteiger partial charge in [-0.1, -0.05) is 31.9 Å². The highest BCUT2D eigenvalue weighted by Gasteiger charge is 2.19. The van der Waals surface area contributed by atoms with Crippen LogP contribution < -0.4 is 0 Å². The smallest absolute Gasteiger partial charge is 0.194 e. The van der Waals surface area contributed by atoms with Gasteiger partial charge in [-0.05, 0) is 35.9 Å². The van der Waals surface area contributed by atoms with E-state index in [9.17, 15) is 18.3 Å². The molecule has 0 radical (unpaired) electrons. The first-order chi connectivity index (χ1) is 8.90. The summed E-state index contributed by atoms with van der Waals surface area (Å²) in [4.78, 5) is 0. The highest BCUT2D eigenvalue weighted by molar-refractivity contribution is 9.11. The van der Waals surface area contributed by atoms with Gasteiger partial charge in [0.05, 0.1) is 0 Å². The third-order valence-corrected chi connectivity index (χ3v) is 3.79. The van der Waals surface area contributed by atoms with E-state index in [0.29, 0.717) is 14.5 Å². The van der Waals surface area contributed by atoms with Gasteiger partial charge < -0.3 is 5.11 Å². The fraction of sp³-hybridized carbons (Fsp3) is 0.0769. The Morgan fingerprint density at radius 3 is 2.11 bits per heavy atom. The van der Waals surface area contributed by atoms with Gasteiger partial charge in [-0.2, -0.15) is 0 Å². The van der Waals surface area contributed by atoms with Crippen LogP contribution in [0.15, 0.2) is 39.3 Å². The minimum atomic E-state index is -1.55. The molecule has 100 valence electrons. The van der Waals surface area contributed by atoms with Crippen LogP contribution in [0.1, 0.15) is 17.2 Å². The van der Waals surface area contributed by atoms with E-state index in [-0.39, 0.29) is 5.56 Å². The van der Waals surface area contributed by atoms with Crippen molar-refractivity contribution >= 4 is 31.9 Å². The maximum absolute atomic E-state index is 13.1. The molecule has 0 aliphatic heterocycles. The lowest BCUT2D eigenvalue weighted by Crippen LogP contribution is -2.04. The van der Waals surface area contributed by atoms with Crippen molar-refractivity contribution in [3.05, 3.63) is 67.9 Å². The van der Waals surface area contributed by atoms with Crippen LogP contribution in [0, 0.1) is 17.5 Å². The van der Waals surface area contributed by atoms with Gasteiger partial charge in [0.1, 0.15) is 6.10 Å². The van der Waals surface area contributed by atoms with E-state index in [1.54, 1.807) is 18.2 Å². The summed E-state index contributed by atoms with van der Waals surface area (Å²) in [5.41, 5.74) is 0.356. The molecule has 19 heavy (non-hydrogen) atoms.